The molecule has 1 fully saturated rings. The molecule has 0 aromatic heterocycles. The second-order valence-corrected chi connectivity index (χ2v) is 5.31. The van der Waals surface area contributed by atoms with Gasteiger partial charge in [0.2, 0.25) is 5.91 Å². The maximum Gasteiger partial charge on any atom is 0.320 e. The van der Waals surface area contributed by atoms with Crippen LogP contribution in [0.4, 0.5) is 4.39 Å². The van der Waals surface area contributed by atoms with Crippen LogP contribution in [0, 0.1) is 5.82 Å². The Morgan fingerprint density at radius 1 is 1.41 bits per heavy atom. The minimum atomic E-state index is -0.883. The van der Waals surface area contributed by atoms with Gasteiger partial charge in [0.1, 0.15) is 11.9 Å². The fraction of sp³-hybridized carbons (Fsp3) is 0.467. The summed E-state index contributed by atoms with van der Waals surface area (Å²) in [5, 5.41) is 11.9. The van der Waals surface area contributed by atoms with E-state index in [2.05, 4.69) is 5.32 Å². The summed E-state index contributed by atoms with van der Waals surface area (Å²) in [4.78, 5) is 24.7. The second kappa shape index (κ2) is 8.10. The van der Waals surface area contributed by atoms with E-state index >= 15 is 0 Å². The highest BCUT2D eigenvalue weighted by Gasteiger charge is 2.31. The fourth-order valence-electron chi connectivity index (χ4n) is 2.60. The van der Waals surface area contributed by atoms with Gasteiger partial charge in [-0.15, -0.1) is 12.4 Å². The number of benzene rings is 1. The molecule has 1 heterocycles. The topological polar surface area (TPSA) is 69.6 Å². The van der Waals surface area contributed by atoms with Gasteiger partial charge in [0.15, 0.2) is 0 Å². The monoisotopic (exact) mass is 330 g/mol. The van der Waals surface area contributed by atoms with Gasteiger partial charge in [0.05, 0.1) is 12.6 Å². The predicted octanol–water partition coefficient (Wildman–Crippen LogP) is 1.97. The molecule has 22 heavy (non-hydrogen) atoms. The molecule has 0 aliphatic carbocycles. The lowest BCUT2D eigenvalue weighted by atomic mass is 10.1. The van der Waals surface area contributed by atoms with Crippen LogP contribution in [0.15, 0.2) is 24.3 Å². The van der Waals surface area contributed by atoms with Crippen LogP contribution in [0.25, 0.3) is 0 Å². The van der Waals surface area contributed by atoms with E-state index in [4.69, 9.17) is 5.11 Å². The molecule has 0 radical (unpaired) electrons. The molecule has 2 atom stereocenters. The van der Waals surface area contributed by atoms with E-state index in [1.807, 2.05) is 6.92 Å². The lowest BCUT2D eigenvalue weighted by molar-refractivity contribution is -0.142. The van der Waals surface area contributed by atoms with Gasteiger partial charge in [-0.05, 0) is 44.0 Å². The van der Waals surface area contributed by atoms with Crippen molar-refractivity contribution in [3.63, 3.8) is 0 Å². The molecular weight excluding hydrogens is 311 g/mol. The van der Waals surface area contributed by atoms with Crippen LogP contribution in [-0.2, 0) is 9.59 Å². The van der Waals surface area contributed by atoms with Crippen molar-refractivity contribution in [2.45, 2.75) is 31.8 Å². The van der Waals surface area contributed by atoms with Gasteiger partial charge in [-0.3, -0.25) is 14.5 Å². The summed E-state index contributed by atoms with van der Waals surface area (Å²) in [5.74, 6) is -1.43. The number of carbonyl (C=O) groups is 2. The Balaban J connectivity index is 0.00000242. The fourth-order valence-corrected chi connectivity index (χ4v) is 2.60. The summed E-state index contributed by atoms with van der Waals surface area (Å²) in [6, 6.07) is 5.12. The zero-order valence-electron chi connectivity index (χ0n) is 12.3. The Labute approximate surface area is 134 Å². The number of halogens is 2. The standard InChI is InChI=1S/C15H19FN2O3.ClH/c1-10(11-4-6-12(16)7-5-11)17-14(19)9-18-8-2-3-13(18)15(20)21;/h4-7,10,13H,2-3,8-9H2,1H3,(H,17,19)(H,20,21);1H. The van der Waals surface area contributed by atoms with Crippen molar-refractivity contribution in [3.8, 4) is 0 Å². The summed E-state index contributed by atoms with van der Waals surface area (Å²) in [7, 11) is 0. The quantitative estimate of drug-likeness (QED) is 0.866. The highest BCUT2D eigenvalue weighted by Crippen LogP contribution is 2.17. The molecule has 0 bridgehead atoms. The van der Waals surface area contributed by atoms with Crippen LogP contribution in [0.2, 0.25) is 0 Å². The molecule has 122 valence electrons. The Morgan fingerprint density at radius 3 is 2.64 bits per heavy atom. The lowest BCUT2D eigenvalue weighted by Crippen LogP contribution is -2.43. The number of rotatable bonds is 5. The highest BCUT2D eigenvalue weighted by atomic mass is 35.5. The van der Waals surface area contributed by atoms with Gasteiger partial charge in [0, 0.05) is 0 Å². The van der Waals surface area contributed by atoms with E-state index in [1.54, 1.807) is 17.0 Å². The first-order valence-corrected chi connectivity index (χ1v) is 6.99. The van der Waals surface area contributed by atoms with E-state index < -0.39 is 12.0 Å². The van der Waals surface area contributed by atoms with Crippen LogP contribution in [0.3, 0.4) is 0 Å². The van der Waals surface area contributed by atoms with E-state index in [-0.39, 0.29) is 36.7 Å². The number of carboxylic acid groups (broad SMARTS) is 1. The molecule has 1 aromatic rings. The van der Waals surface area contributed by atoms with Crippen LogP contribution in [0.1, 0.15) is 31.4 Å². The van der Waals surface area contributed by atoms with Crippen LogP contribution < -0.4 is 5.32 Å². The molecule has 1 aliphatic rings. The Morgan fingerprint density at radius 2 is 2.05 bits per heavy atom. The van der Waals surface area contributed by atoms with Crippen molar-refractivity contribution in [2.75, 3.05) is 13.1 Å². The number of nitrogens with one attached hydrogen (secondary N) is 1. The molecule has 1 aromatic carbocycles. The number of aliphatic carboxylic acids is 1. The molecule has 0 saturated carbocycles. The van der Waals surface area contributed by atoms with E-state index in [1.165, 1.54) is 12.1 Å². The highest BCUT2D eigenvalue weighted by molar-refractivity contribution is 5.85. The van der Waals surface area contributed by atoms with Gasteiger partial charge in [-0.1, -0.05) is 12.1 Å². The molecule has 2 unspecified atom stereocenters. The zero-order chi connectivity index (χ0) is 15.4. The van der Waals surface area contributed by atoms with Gasteiger partial charge in [0.25, 0.3) is 0 Å². The van der Waals surface area contributed by atoms with Gasteiger partial charge in [-0.25, -0.2) is 4.39 Å². The number of likely N-dealkylation sites (tertiary alicyclic amines) is 1. The summed E-state index contributed by atoms with van der Waals surface area (Å²) in [6.45, 7) is 2.50. The average molecular weight is 331 g/mol. The summed E-state index contributed by atoms with van der Waals surface area (Å²) in [5.41, 5.74) is 0.806. The smallest absolute Gasteiger partial charge is 0.320 e. The molecule has 7 heteroatoms. The third-order valence-corrected chi connectivity index (χ3v) is 3.74. The lowest BCUT2D eigenvalue weighted by Gasteiger charge is -2.22. The molecule has 1 amide bonds. The van der Waals surface area contributed by atoms with Crippen LogP contribution in [-0.4, -0.2) is 41.0 Å². The Hall–Kier alpha value is -1.66. The van der Waals surface area contributed by atoms with Crippen molar-refractivity contribution in [3.05, 3.63) is 35.6 Å². The average Bonchev–Trinajstić information content (AvgIpc) is 2.87. The normalized spacial score (nSPS) is 19.3. The third-order valence-electron chi connectivity index (χ3n) is 3.74. The SMILES string of the molecule is CC(NC(=O)CN1CCCC1C(=O)O)c1ccc(F)cc1.Cl. The number of nitrogens with zero attached hydrogens (tertiary/aromatic N) is 1. The number of amides is 1. The number of carbonyl (C=O) groups excluding carboxylic acids is 1. The number of hydrogen-bond acceptors (Lipinski definition) is 3. The van der Waals surface area contributed by atoms with Gasteiger partial charge in [-0.2, -0.15) is 0 Å². The number of carboxylic acids is 1. The first kappa shape index (κ1) is 18.4. The molecule has 1 aliphatic heterocycles. The predicted molar refractivity (Wildman–Crippen MR) is 82.4 cm³/mol. The van der Waals surface area contributed by atoms with Crippen molar-refractivity contribution in [1.82, 2.24) is 10.2 Å². The van der Waals surface area contributed by atoms with Crippen molar-refractivity contribution in [2.24, 2.45) is 0 Å². The largest absolute Gasteiger partial charge is 0.480 e. The third kappa shape index (κ3) is 4.68. The number of hydrogen-bond donors (Lipinski definition) is 2. The second-order valence-electron chi connectivity index (χ2n) is 5.31. The van der Waals surface area contributed by atoms with Gasteiger partial charge >= 0.3 is 5.97 Å². The van der Waals surface area contributed by atoms with Crippen molar-refractivity contribution < 1.29 is 19.1 Å². The van der Waals surface area contributed by atoms with E-state index in [9.17, 15) is 14.0 Å². The first-order valence-electron chi connectivity index (χ1n) is 6.99. The Bertz CT molecular complexity index is 524. The summed E-state index contributed by atoms with van der Waals surface area (Å²) >= 11 is 0. The molecule has 1 saturated heterocycles. The summed E-state index contributed by atoms with van der Waals surface area (Å²) in [6.07, 6.45) is 1.37. The maximum absolute atomic E-state index is 12.9. The van der Waals surface area contributed by atoms with Gasteiger partial charge < -0.3 is 10.4 Å². The molecule has 5 nitrogen and oxygen atoms in total. The molecule has 2 N–H and O–H groups in total. The minimum absolute atomic E-state index is 0. The molecular formula is C15H20ClFN2O3. The molecule has 0 spiro atoms. The van der Waals surface area contributed by atoms with Crippen LogP contribution in [0.5, 0.6) is 0 Å². The van der Waals surface area contributed by atoms with E-state index in [0.29, 0.717) is 13.0 Å². The first-order chi connectivity index (χ1) is 9.97. The van der Waals surface area contributed by atoms with E-state index in [0.717, 1.165) is 12.0 Å². The summed E-state index contributed by atoms with van der Waals surface area (Å²) < 4.78 is 12.9. The van der Waals surface area contributed by atoms with Crippen molar-refractivity contribution in [1.29, 1.82) is 0 Å². The zero-order valence-corrected chi connectivity index (χ0v) is 13.1. The minimum Gasteiger partial charge on any atom is -0.480 e. The van der Waals surface area contributed by atoms with Crippen molar-refractivity contribution >= 4 is 24.3 Å². The maximum atomic E-state index is 12.9. The van der Waals surface area contributed by atoms with Crippen LogP contribution >= 0.6 is 12.4 Å². The Kier molecular flexibility index (Phi) is 6.77. The molecule has 2 rings (SSSR count).